The lowest BCUT2D eigenvalue weighted by molar-refractivity contribution is 0.0652. The average Bonchev–Trinajstić information content (AvgIpc) is 2.71. The molecular formula is C23H16O5. The number of hydrogen-bond acceptors (Lipinski definition) is 3. The zero-order chi connectivity index (χ0) is 19.8. The monoisotopic (exact) mass is 372 g/mol. The maximum Gasteiger partial charge on any atom is 0.337 e. The minimum atomic E-state index is -1.30. The summed E-state index contributed by atoms with van der Waals surface area (Å²) in [7, 11) is 1.51. The first-order valence-corrected chi connectivity index (χ1v) is 8.61. The molecule has 2 N–H and O–H groups in total. The molecule has 0 saturated carbocycles. The Morgan fingerprint density at radius 3 is 1.96 bits per heavy atom. The third-order valence-corrected chi connectivity index (χ3v) is 4.85. The molecule has 0 heterocycles. The Balaban J connectivity index is 2.30. The largest absolute Gasteiger partial charge is 0.496 e. The summed E-state index contributed by atoms with van der Waals surface area (Å²) in [6.07, 6.45) is 0. The van der Waals surface area contributed by atoms with Crippen molar-refractivity contribution in [1.29, 1.82) is 0 Å². The summed E-state index contributed by atoms with van der Waals surface area (Å²) in [5, 5.41) is 22.6. The molecule has 0 bridgehead atoms. The molecule has 0 aliphatic carbocycles. The van der Waals surface area contributed by atoms with Crippen LogP contribution in [0.5, 0.6) is 5.75 Å². The van der Waals surface area contributed by atoms with Crippen molar-refractivity contribution in [2.75, 3.05) is 7.11 Å². The van der Waals surface area contributed by atoms with Crippen molar-refractivity contribution in [2.24, 2.45) is 0 Å². The minimum Gasteiger partial charge on any atom is -0.496 e. The topological polar surface area (TPSA) is 83.8 Å². The number of carbonyl (C=O) groups is 2. The molecule has 4 rings (SSSR count). The van der Waals surface area contributed by atoms with Crippen LogP contribution in [0.3, 0.4) is 0 Å². The lowest BCUT2D eigenvalue weighted by Gasteiger charge is -2.18. The molecule has 4 aromatic rings. The molecule has 0 aliphatic heterocycles. The van der Waals surface area contributed by atoms with Gasteiger partial charge < -0.3 is 14.9 Å². The van der Waals surface area contributed by atoms with Crippen molar-refractivity contribution >= 4 is 33.5 Å². The van der Waals surface area contributed by atoms with Crippen molar-refractivity contribution in [1.82, 2.24) is 0 Å². The van der Waals surface area contributed by atoms with Gasteiger partial charge >= 0.3 is 11.9 Å². The number of ether oxygens (including phenoxy) is 1. The Morgan fingerprint density at radius 1 is 0.750 bits per heavy atom. The maximum atomic E-state index is 12.2. The van der Waals surface area contributed by atoms with Gasteiger partial charge in [0.2, 0.25) is 0 Å². The quantitative estimate of drug-likeness (QED) is 0.523. The molecule has 0 unspecified atom stereocenters. The highest BCUT2D eigenvalue weighted by molar-refractivity contribution is 6.18. The zero-order valence-electron chi connectivity index (χ0n) is 15.0. The Hall–Kier alpha value is -3.86. The second-order valence-corrected chi connectivity index (χ2v) is 6.37. The fourth-order valence-corrected chi connectivity index (χ4v) is 3.68. The molecule has 0 aliphatic rings. The van der Waals surface area contributed by atoms with Crippen LogP contribution in [-0.4, -0.2) is 29.3 Å². The fourth-order valence-electron chi connectivity index (χ4n) is 3.68. The van der Waals surface area contributed by atoms with Crippen LogP contribution in [0.4, 0.5) is 0 Å². The van der Waals surface area contributed by atoms with Crippen LogP contribution in [0, 0.1) is 0 Å². The lowest BCUT2D eigenvalue weighted by atomic mass is 9.87. The van der Waals surface area contributed by atoms with Crippen LogP contribution < -0.4 is 4.74 Å². The Bertz CT molecular complexity index is 1260. The van der Waals surface area contributed by atoms with Gasteiger partial charge in [-0.25, -0.2) is 9.59 Å². The number of carboxylic acids is 2. The smallest absolute Gasteiger partial charge is 0.337 e. The number of aromatic carboxylic acids is 2. The van der Waals surface area contributed by atoms with E-state index in [1.807, 2.05) is 30.3 Å². The van der Waals surface area contributed by atoms with Gasteiger partial charge in [0.1, 0.15) is 5.75 Å². The van der Waals surface area contributed by atoms with E-state index in [1.54, 1.807) is 30.3 Å². The molecule has 5 nitrogen and oxygen atoms in total. The minimum absolute atomic E-state index is 0.249. The van der Waals surface area contributed by atoms with E-state index in [0.717, 1.165) is 10.8 Å². The van der Waals surface area contributed by atoms with Gasteiger partial charge in [-0.1, -0.05) is 54.6 Å². The molecule has 0 spiro atoms. The summed E-state index contributed by atoms with van der Waals surface area (Å²) in [6.45, 7) is 0. The lowest BCUT2D eigenvalue weighted by Crippen LogP contribution is -2.11. The average molecular weight is 372 g/mol. The van der Waals surface area contributed by atoms with Crippen LogP contribution in [0.25, 0.3) is 32.7 Å². The third-order valence-electron chi connectivity index (χ3n) is 4.85. The van der Waals surface area contributed by atoms with E-state index in [9.17, 15) is 19.8 Å². The van der Waals surface area contributed by atoms with Crippen LogP contribution in [0.15, 0.2) is 66.7 Å². The molecule has 0 radical (unpaired) electrons. The Labute approximate surface area is 160 Å². The summed E-state index contributed by atoms with van der Waals surface area (Å²) in [4.78, 5) is 24.1. The van der Waals surface area contributed by atoms with Crippen molar-refractivity contribution in [3.63, 3.8) is 0 Å². The van der Waals surface area contributed by atoms with E-state index >= 15 is 0 Å². The number of carboxylic acid groups (broad SMARTS) is 2. The molecule has 0 aromatic heterocycles. The first-order chi connectivity index (χ1) is 13.5. The second kappa shape index (κ2) is 6.70. The number of fused-ring (bicyclic) bond motifs is 2. The van der Waals surface area contributed by atoms with E-state index in [-0.39, 0.29) is 11.1 Å². The highest BCUT2D eigenvalue weighted by Gasteiger charge is 2.26. The highest BCUT2D eigenvalue weighted by Crippen LogP contribution is 2.43. The molecule has 0 saturated heterocycles. The van der Waals surface area contributed by atoms with E-state index in [4.69, 9.17) is 4.74 Å². The van der Waals surface area contributed by atoms with Crippen LogP contribution in [0.1, 0.15) is 20.7 Å². The van der Waals surface area contributed by atoms with Gasteiger partial charge in [0, 0.05) is 11.1 Å². The molecule has 28 heavy (non-hydrogen) atoms. The van der Waals surface area contributed by atoms with Crippen LogP contribution in [-0.2, 0) is 0 Å². The number of methoxy groups -OCH3 is 1. The van der Waals surface area contributed by atoms with Gasteiger partial charge in [0.05, 0.1) is 18.2 Å². The summed E-state index contributed by atoms with van der Waals surface area (Å²) in [6, 6.07) is 19.8. The molecular weight excluding hydrogens is 356 g/mol. The molecule has 0 atom stereocenters. The standard InChI is InChI=1S/C23H16O5/c1-28-18-11-10-13-6-2-4-8-15(13)19(18)20-16-9-5-3-7-14(16)12-17(22(24)25)21(20)23(26)27/h2-12H,1H3,(H,24,25)(H,26,27). The van der Waals surface area contributed by atoms with Gasteiger partial charge in [-0.05, 0) is 33.7 Å². The predicted molar refractivity (Wildman–Crippen MR) is 107 cm³/mol. The molecule has 138 valence electrons. The van der Waals surface area contributed by atoms with Crippen molar-refractivity contribution in [2.45, 2.75) is 0 Å². The fraction of sp³-hybridized carbons (Fsp3) is 0.0435. The number of benzene rings is 4. The van der Waals surface area contributed by atoms with Gasteiger partial charge in [0.15, 0.2) is 0 Å². The van der Waals surface area contributed by atoms with E-state index in [1.165, 1.54) is 13.2 Å². The predicted octanol–water partition coefficient (Wildman–Crippen LogP) is 5.07. The Morgan fingerprint density at radius 2 is 1.36 bits per heavy atom. The van der Waals surface area contributed by atoms with E-state index in [2.05, 4.69) is 0 Å². The summed E-state index contributed by atoms with van der Waals surface area (Å²) in [5.74, 6) is -2.11. The van der Waals surface area contributed by atoms with Crippen molar-refractivity contribution < 1.29 is 24.5 Å². The third kappa shape index (κ3) is 2.65. The molecule has 0 amide bonds. The first-order valence-electron chi connectivity index (χ1n) is 8.61. The van der Waals surface area contributed by atoms with Gasteiger partial charge in [-0.3, -0.25) is 0 Å². The Kier molecular flexibility index (Phi) is 4.20. The second-order valence-electron chi connectivity index (χ2n) is 6.37. The summed E-state index contributed by atoms with van der Waals surface area (Å²) < 4.78 is 5.55. The van der Waals surface area contributed by atoms with E-state index in [0.29, 0.717) is 27.6 Å². The van der Waals surface area contributed by atoms with Gasteiger partial charge in [0.25, 0.3) is 0 Å². The summed E-state index contributed by atoms with van der Waals surface area (Å²) >= 11 is 0. The maximum absolute atomic E-state index is 12.2. The molecule has 4 aromatic carbocycles. The normalized spacial score (nSPS) is 10.9. The molecule has 5 heteroatoms. The SMILES string of the molecule is COc1ccc2ccccc2c1-c1c(C(=O)O)c(C(=O)O)cc2ccccc12. The van der Waals surface area contributed by atoms with E-state index < -0.39 is 11.9 Å². The zero-order valence-corrected chi connectivity index (χ0v) is 15.0. The molecule has 0 fully saturated rings. The highest BCUT2D eigenvalue weighted by atomic mass is 16.5. The van der Waals surface area contributed by atoms with Crippen molar-refractivity contribution in [3.8, 4) is 16.9 Å². The van der Waals surface area contributed by atoms with Gasteiger partial charge in [-0.2, -0.15) is 0 Å². The van der Waals surface area contributed by atoms with Crippen LogP contribution >= 0.6 is 0 Å². The number of hydrogen-bond donors (Lipinski definition) is 2. The van der Waals surface area contributed by atoms with Gasteiger partial charge in [-0.15, -0.1) is 0 Å². The first kappa shape index (κ1) is 17.5. The van der Waals surface area contributed by atoms with Crippen molar-refractivity contribution in [3.05, 3.63) is 77.9 Å². The number of rotatable bonds is 4. The van der Waals surface area contributed by atoms with Crippen LogP contribution in [0.2, 0.25) is 0 Å². The summed E-state index contributed by atoms with van der Waals surface area (Å²) in [5.41, 5.74) is 0.408.